The molecule has 0 radical (unpaired) electrons. The summed E-state index contributed by atoms with van der Waals surface area (Å²) in [5.74, 6) is 0. The summed E-state index contributed by atoms with van der Waals surface area (Å²) in [6.07, 6.45) is 0. The Morgan fingerprint density at radius 1 is 0.591 bits per heavy atom. The van der Waals surface area contributed by atoms with Crippen LogP contribution in [-0.2, 0) is 0 Å². The van der Waals surface area contributed by atoms with Gasteiger partial charge < -0.3 is 0 Å². The van der Waals surface area contributed by atoms with Crippen LogP contribution in [0.25, 0.3) is 22.3 Å². The highest BCUT2D eigenvalue weighted by molar-refractivity contribution is 6.33. The first kappa shape index (κ1) is 14.9. The fraction of sp³-hybridized carbons (Fsp3) is 0.143. The van der Waals surface area contributed by atoms with Crippen LogP contribution in [0.4, 0.5) is 0 Å². The lowest BCUT2D eigenvalue weighted by molar-refractivity contribution is 1.34. The average molecular weight is 307 g/mol. The van der Waals surface area contributed by atoms with Crippen molar-refractivity contribution in [1.82, 2.24) is 0 Å². The molecule has 1 heteroatoms. The molecule has 0 fully saturated rings. The first-order valence-corrected chi connectivity index (χ1v) is 7.87. The van der Waals surface area contributed by atoms with E-state index in [0.717, 1.165) is 16.1 Å². The van der Waals surface area contributed by atoms with E-state index in [2.05, 4.69) is 75.4 Å². The van der Waals surface area contributed by atoms with Crippen molar-refractivity contribution < 1.29 is 0 Å². The van der Waals surface area contributed by atoms with Gasteiger partial charge in [0.1, 0.15) is 0 Å². The molecule has 0 atom stereocenters. The third-order valence-electron chi connectivity index (χ3n) is 4.24. The predicted octanol–water partition coefficient (Wildman–Crippen LogP) is 6.60. The molecule has 0 aliphatic rings. The van der Waals surface area contributed by atoms with Crippen LogP contribution in [0.1, 0.15) is 16.7 Å². The van der Waals surface area contributed by atoms with Gasteiger partial charge >= 0.3 is 0 Å². The van der Waals surface area contributed by atoms with Crippen LogP contribution in [0.15, 0.2) is 60.7 Å². The first-order chi connectivity index (χ1) is 10.6. The highest BCUT2D eigenvalue weighted by atomic mass is 35.5. The molecule has 3 aromatic carbocycles. The van der Waals surface area contributed by atoms with E-state index in [0.29, 0.717) is 0 Å². The Bertz CT molecular complexity index is 814. The molecule has 3 aromatic rings. The lowest BCUT2D eigenvalue weighted by Crippen LogP contribution is -1.87. The minimum atomic E-state index is 0.812. The van der Waals surface area contributed by atoms with Crippen LogP contribution in [-0.4, -0.2) is 0 Å². The minimum absolute atomic E-state index is 0.812. The molecule has 0 bridgehead atoms. The van der Waals surface area contributed by atoms with Crippen molar-refractivity contribution >= 4 is 11.6 Å². The zero-order valence-corrected chi connectivity index (χ0v) is 13.9. The Labute approximate surface area is 137 Å². The molecule has 0 spiro atoms. The fourth-order valence-electron chi connectivity index (χ4n) is 2.73. The number of hydrogen-bond donors (Lipinski definition) is 0. The second-order valence-electron chi connectivity index (χ2n) is 5.81. The molecule has 0 N–H and O–H groups in total. The standard InChI is InChI=1S/C21H19Cl/c1-14-6-4-5-7-19(14)17-8-10-18(11-9-17)20-12-15(2)16(3)13-21(20)22/h4-13H,1-3H3. The van der Waals surface area contributed by atoms with E-state index >= 15 is 0 Å². The van der Waals surface area contributed by atoms with Crippen LogP contribution in [0.2, 0.25) is 5.02 Å². The monoisotopic (exact) mass is 306 g/mol. The van der Waals surface area contributed by atoms with Crippen molar-refractivity contribution in [2.45, 2.75) is 20.8 Å². The molecule has 22 heavy (non-hydrogen) atoms. The van der Waals surface area contributed by atoms with Crippen molar-refractivity contribution in [1.29, 1.82) is 0 Å². The lowest BCUT2D eigenvalue weighted by atomic mass is 9.96. The summed E-state index contributed by atoms with van der Waals surface area (Å²) in [4.78, 5) is 0. The van der Waals surface area contributed by atoms with E-state index in [1.807, 2.05) is 6.07 Å². The zero-order chi connectivity index (χ0) is 15.7. The highest BCUT2D eigenvalue weighted by Gasteiger charge is 2.07. The Balaban J connectivity index is 2.02. The Morgan fingerprint density at radius 2 is 1.14 bits per heavy atom. The molecule has 0 aliphatic heterocycles. The number of halogens is 1. The van der Waals surface area contributed by atoms with Gasteiger partial charge in [0.05, 0.1) is 0 Å². The van der Waals surface area contributed by atoms with Crippen molar-refractivity contribution in [2.75, 3.05) is 0 Å². The van der Waals surface area contributed by atoms with E-state index in [1.165, 1.54) is 27.8 Å². The van der Waals surface area contributed by atoms with E-state index in [9.17, 15) is 0 Å². The van der Waals surface area contributed by atoms with Gasteiger partial charge in [0.15, 0.2) is 0 Å². The largest absolute Gasteiger partial charge is 0.0837 e. The van der Waals surface area contributed by atoms with Crippen LogP contribution < -0.4 is 0 Å². The normalized spacial score (nSPS) is 10.7. The quantitative estimate of drug-likeness (QED) is 0.500. The summed E-state index contributed by atoms with van der Waals surface area (Å²) < 4.78 is 0. The summed E-state index contributed by atoms with van der Waals surface area (Å²) in [6.45, 7) is 6.35. The van der Waals surface area contributed by atoms with Gasteiger partial charge in [0, 0.05) is 10.6 Å². The smallest absolute Gasteiger partial charge is 0.0487 e. The summed E-state index contributed by atoms with van der Waals surface area (Å²) in [6, 6.07) is 21.3. The third kappa shape index (κ3) is 2.80. The maximum Gasteiger partial charge on any atom is 0.0487 e. The number of hydrogen-bond acceptors (Lipinski definition) is 0. The maximum absolute atomic E-state index is 6.42. The zero-order valence-electron chi connectivity index (χ0n) is 13.2. The van der Waals surface area contributed by atoms with Crippen LogP contribution in [0, 0.1) is 20.8 Å². The van der Waals surface area contributed by atoms with Crippen LogP contribution >= 0.6 is 11.6 Å². The molecule has 3 rings (SSSR count). The van der Waals surface area contributed by atoms with E-state index in [-0.39, 0.29) is 0 Å². The average Bonchev–Trinajstić information content (AvgIpc) is 2.52. The van der Waals surface area contributed by atoms with E-state index in [1.54, 1.807) is 0 Å². The molecule has 0 heterocycles. The van der Waals surface area contributed by atoms with Gasteiger partial charge in [0.25, 0.3) is 0 Å². The van der Waals surface area contributed by atoms with Crippen molar-refractivity contribution in [3.05, 3.63) is 82.4 Å². The Morgan fingerprint density at radius 3 is 1.77 bits per heavy atom. The second kappa shape index (κ2) is 5.98. The molecule has 0 saturated carbocycles. The minimum Gasteiger partial charge on any atom is -0.0837 e. The van der Waals surface area contributed by atoms with Gasteiger partial charge in [0.2, 0.25) is 0 Å². The van der Waals surface area contributed by atoms with Gasteiger partial charge in [-0.25, -0.2) is 0 Å². The summed E-state index contributed by atoms with van der Waals surface area (Å²) in [5, 5.41) is 0.812. The summed E-state index contributed by atoms with van der Waals surface area (Å²) in [5.41, 5.74) is 8.56. The molecule has 0 saturated heterocycles. The molecular weight excluding hydrogens is 288 g/mol. The molecule has 0 aromatic heterocycles. The summed E-state index contributed by atoms with van der Waals surface area (Å²) >= 11 is 6.42. The van der Waals surface area contributed by atoms with Gasteiger partial charge in [-0.15, -0.1) is 0 Å². The van der Waals surface area contributed by atoms with Crippen molar-refractivity contribution in [3.8, 4) is 22.3 Å². The van der Waals surface area contributed by atoms with E-state index in [4.69, 9.17) is 11.6 Å². The number of aryl methyl sites for hydroxylation is 3. The van der Waals surface area contributed by atoms with E-state index < -0.39 is 0 Å². The highest BCUT2D eigenvalue weighted by Crippen LogP contribution is 2.32. The maximum atomic E-state index is 6.42. The molecule has 0 aliphatic carbocycles. The third-order valence-corrected chi connectivity index (χ3v) is 4.55. The van der Waals surface area contributed by atoms with Crippen molar-refractivity contribution in [2.24, 2.45) is 0 Å². The molecular formula is C21H19Cl. The molecule has 0 nitrogen and oxygen atoms in total. The molecule has 0 amide bonds. The Hall–Kier alpha value is -2.05. The van der Waals surface area contributed by atoms with Gasteiger partial charge in [-0.2, -0.15) is 0 Å². The Kier molecular flexibility index (Phi) is 4.04. The van der Waals surface area contributed by atoms with Gasteiger partial charge in [-0.05, 0) is 66.3 Å². The van der Waals surface area contributed by atoms with Crippen LogP contribution in [0.5, 0.6) is 0 Å². The SMILES string of the molecule is Cc1cc(Cl)c(-c2ccc(-c3ccccc3C)cc2)cc1C. The second-order valence-corrected chi connectivity index (χ2v) is 6.22. The fourth-order valence-corrected chi connectivity index (χ4v) is 3.06. The first-order valence-electron chi connectivity index (χ1n) is 7.49. The predicted molar refractivity (Wildman–Crippen MR) is 96.5 cm³/mol. The van der Waals surface area contributed by atoms with Crippen molar-refractivity contribution in [3.63, 3.8) is 0 Å². The molecule has 0 unspecified atom stereocenters. The van der Waals surface area contributed by atoms with Crippen LogP contribution in [0.3, 0.4) is 0 Å². The van der Waals surface area contributed by atoms with Gasteiger partial charge in [-0.1, -0.05) is 60.1 Å². The number of rotatable bonds is 2. The van der Waals surface area contributed by atoms with Gasteiger partial charge in [-0.3, -0.25) is 0 Å². The number of benzene rings is 3. The summed E-state index contributed by atoms with van der Waals surface area (Å²) in [7, 11) is 0. The lowest BCUT2D eigenvalue weighted by Gasteiger charge is -2.10. The topological polar surface area (TPSA) is 0 Å². The molecule has 110 valence electrons.